The van der Waals surface area contributed by atoms with Crippen molar-refractivity contribution in [2.75, 3.05) is 19.4 Å². The van der Waals surface area contributed by atoms with E-state index in [1.165, 1.54) is 43.5 Å². The van der Waals surface area contributed by atoms with E-state index in [2.05, 4.69) is 4.72 Å². The molecular formula is C16H25NO5S2. The van der Waals surface area contributed by atoms with Gasteiger partial charge in [0.05, 0.1) is 15.9 Å². The molecule has 0 spiro atoms. The number of hydrogen-bond acceptors (Lipinski definition) is 5. The molecule has 1 aliphatic carbocycles. The first-order valence-corrected chi connectivity index (χ1v) is 11.6. The molecule has 1 aliphatic rings. The number of sulfonamides is 1. The lowest BCUT2D eigenvalue weighted by Crippen LogP contribution is -2.26. The second kappa shape index (κ2) is 8.42. The van der Waals surface area contributed by atoms with Crippen LogP contribution in [0.15, 0.2) is 34.1 Å². The van der Waals surface area contributed by atoms with Crippen LogP contribution < -0.4 is 4.72 Å². The fraction of sp³-hybridized carbons (Fsp3) is 0.625. The molecule has 1 saturated carbocycles. The van der Waals surface area contributed by atoms with Crippen molar-refractivity contribution < 1.29 is 21.6 Å². The van der Waals surface area contributed by atoms with Gasteiger partial charge < -0.3 is 4.74 Å². The molecule has 0 aromatic heterocycles. The molecule has 0 atom stereocenters. The smallest absolute Gasteiger partial charge is 0.240 e. The van der Waals surface area contributed by atoms with E-state index < -0.39 is 19.9 Å². The summed E-state index contributed by atoms with van der Waals surface area (Å²) in [6.45, 7) is 0.836. The summed E-state index contributed by atoms with van der Waals surface area (Å²) in [6, 6.07) is 5.21. The van der Waals surface area contributed by atoms with Crippen LogP contribution in [0.5, 0.6) is 0 Å². The molecule has 8 heteroatoms. The largest absolute Gasteiger partial charge is 0.378 e. The molecule has 24 heavy (non-hydrogen) atoms. The van der Waals surface area contributed by atoms with Crippen molar-refractivity contribution in [1.29, 1.82) is 0 Å². The third kappa shape index (κ3) is 5.84. The standard InChI is InChI=1S/C16H25NO5S2/c1-23(18,19)15-8-10-16(11-9-15)24(20,21)17-12-5-13-22-14-6-3-2-4-7-14/h8-11,14,17H,2-7,12-13H2,1H3. The lowest BCUT2D eigenvalue weighted by Gasteiger charge is -2.21. The molecule has 6 nitrogen and oxygen atoms in total. The summed E-state index contributed by atoms with van der Waals surface area (Å²) in [5, 5.41) is 0. The van der Waals surface area contributed by atoms with Crippen LogP contribution in [-0.2, 0) is 24.6 Å². The summed E-state index contributed by atoms with van der Waals surface area (Å²) < 4.78 is 55.4. The number of nitrogens with one attached hydrogen (secondary N) is 1. The summed E-state index contributed by atoms with van der Waals surface area (Å²) in [6.07, 6.45) is 7.90. The van der Waals surface area contributed by atoms with Crippen molar-refractivity contribution in [2.45, 2.75) is 54.4 Å². The van der Waals surface area contributed by atoms with Crippen molar-refractivity contribution in [3.8, 4) is 0 Å². The average Bonchev–Trinajstić information content (AvgIpc) is 2.55. The fourth-order valence-corrected chi connectivity index (χ4v) is 4.41. The highest BCUT2D eigenvalue weighted by Crippen LogP contribution is 2.20. The molecule has 0 unspecified atom stereocenters. The van der Waals surface area contributed by atoms with Gasteiger partial charge in [-0.3, -0.25) is 0 Å². The summed E-state index contributed by atoms with van der Waals surface area (Å²) in [4.78, 5) is 0.158. The zero-order chi connectivity index (χ0) is 17.6. The van der Waals surface area contributed by atoms with E-state index in [1.54, 1.807) is 0 Å². The second-order valence-corrected chi connectivity index (χ2v) is 9.91. The Morgan fingerprint density at radius 2 is 1.58 bits per heavy atom. The Kier molecular flexibility index (Phi) is 6.79. The molecule has 1 aromatic carbocycles. The van der Waals surface area contributed by atoms with Crippen LogP contribution >= 0.6 is 0 Å². The maximum atomic E-state index is 12.2. The highest BCUT2D eigenvalue weighted by Gasteiger charge is 2.16. The summed E-state index contributed by atoms with van der Waals surface area (Å²) >= 11 is 0. The van der Waals surface area contributed by atoms with Gasteiger partial charge in [-0.05, 0) is 43.5 Å². The van der Waals surface area contributed by atoms with Gasteiger partial charge in [0, 0.05) is 19.4 Å². The van der Waals surface area contributed by atoms with Gasteiger partial charge >= 0.3 is 0 Å². The van der Waals surface area contributed by atoms with E-state index in [9.17, 15) is 16.8 Å². The highest BCUT2D eigenvalue weighted by molar-refractivity contribution is 7.90. The summed E-state index contributed by atoms with van der Waals surface area (Å²) in [5.41, 5.74) is 0. The van der Waals surface area contributed by atoms with Crippen LogP contribution in [0, 0.1) is 0 Å². The van der Waals surface area contributed by atoms with Crippen LogP contribution in [0.4, 0.5) is 0 Å². The molecule has 0 amide bonds. The van der Waals surface area contributed by atoms with Gasteiger partial charge in [0.25, 0.3) is 0 Å². The predicted octanol–water partition coefficient (Wildman–Crippen LogP) is 2.11. The zero-order valence-corrected chi connectivity index (χ0v) is 15.5. The Morgan fingerprint density at radius 1 is 1.00 bits per heavy atom. The van der Waals surface area contributed by atoms with Crippen LogP contribution in [-0.4, -0.2) is 42.3 Å². The number of benzene rings is 1. The Morgan fingerprint density at radius 3 is 2.17 bits per heavy atom. The molecule has 1 aromatic rings. The predicted molar refractivity (Wildman–Crippen MR) is 92.2 cm³/mol. The molecule has 0 aliphatic heterocycles. The van der Waals surface area contributed by atoms with E-state index in [1.807, 2.05) is 0 Å². The van der Waals surface area contributed by atoms with Gasteiger partial charge in [-0.2, -0.15) is 0 Å². The number of rotatable bonds is 8. The Labute approximate surface area is 144 Å². The van der Waals surface area contributed by atoms with E-state index in [0.29, 0.717) is 25.7 Å². The van der Waals surface area contributed by atoms with Crippen molar-refractivity contribution in [1.82, 2.24) is 4.72 Å². The second-order valence-electron chi connectivity index (χ2n) is 6.13. The van der Waals surface area contributed by atoms with Crippen LogP contribution in [0.25, 0.3) is 0 Å². The third-order valence-corrected chi connectivity index (χ3v) is 6.69. The van der Waals surface area contributed by atoms with Crippen molar-refractivity contribution >= 4 is 19.9 Å². The first-order chi connectivity index (χ1) is 11.3. The third-order valence-electron chi connectivity index (χ3n) is 4.08. The molecule has 1 N–H and O–H groups in total. The minimum absolute atomic E-state index is 0.0584. The van der Waals surface area contributed by atoms with Crippen LogP contribution in [0.3, 0.4) is 0 Å². The van der Waals surface area contributed by atoms with Gasteiger partial charge in [-0.25, -0.2) is 21.6 Å². The topological polar surface area (TPSA) is 89.5 Å². The van der Waals surface area contributed by atoms with Crippen molar-refractivity contribution in [3.63, 3.8) is 0 Å². The van der Waals surface area contributed by atoms with Gasteiger partial charge in [0.1, 0.15) is 0 Å². The monoisotopic (exact) mass is 375 g/mol. The lowest BCUT2D eigenvalue weighted by atomic mass is 9.98. The number of hydrogen-bond donors (Lipinski definition) is 1. The van der Waals surface area contributed by atoms with Crippen LogP contribution in [0.2, 0.25) is 0 Å². The van der Waals surface area contributed by atoms with E-state index in [-0.39, 0.29) is 9.79 Å². The number of ether oxygens (including phenoxy) is 1. The molecular weight excluding hydrogens is 350 g/mol. The Hall–Kier alpha value is -0.960. The minimum Gasteiger partial charge on any atom is -0.378 e. The molecule has 136 valence electrons. The normalized spacial score (nSPS) is 17.0. The molecule has 0 radical (unpaired) electrons. The Balaban J connectivity index is 1.78. The average molecular weight is 376 g/mol. The minimum atomic E-state index is -3.63. The van der Waals surface area contributed by atoms with Gasteiger partial charge in [-0.15, -0.1) is 0 Å². The van der Waals surface area contributed by atoms with E-state index in [0.717, 1.165) is 19.1 Å². The summed E-state index contributed by atoms with van der Waals surface area (Å²) in [7, 11) is -6.96. The number of sulfone groups is 1. The molecule has 0 saturated heterocycles. The quantitative estimate of drug-likeness (QED) is 0.703. The summed E-state index contributed by atoms with van der Waals surface area (Å²) in [5.74, 6) is 0. The molecule has 0 bridgehead atoms. The fourth-order valence-electron chi connectivity index (χ4n) is 2.71. The maximum absolute atomic E-state index is 12.2. The first kappa shape index (κ1) is 19.4. The van der Waals surface area contributed by atoms with E-state index >= 15 is 0 Å². The first-order valence-electron chi connectivity index (χ1n) is 8.20. The highest BCUT2D eigenvalue weighted by atomic mass is 32.2. The molecule has 1 fully saturated rings. The SMILES string of the molecule is CS(=O)(=O)c1ccc(S(=O)(=O)NCCCOC2CCCCC2)cc1. The van der Waals surface area contributed by atoms with Gasteiger partial charge in [-0.1, -0.05) is 19.3 Å². The van der Waals surface area contributed by atoms with Gasteiger partial charge in [0.15, 0.2) is 9.84 Å². The van der Waals surface area contributed by atoms with Crippen molar-refractivity contribution in [2.24, 2.45) is 0 Å². The van der Waals surface area contributed by atoms with E-state index in [4.69, 9.17) is 4.74 Å². The lowest BCUT2D eigenvalue weighted by molar-refractivity contribution is 0.0278. The van der Waals surface area contributed by atoms with Crippen LogP contribution in [0.1, 0.15) is 38.5 Å². The Bertz CT molecular complexity index is 720. The van der Waals surface area contributed by atoms with Gasteiger partial charge in [0.2, 0.25) is 10.0 Å². The van der Waals surface area contributed by atoms with Crippen molar-refractivity contribution in [3.05, 3.63) is 24.3 Å². The molecule has 2 rings (SSSR count). The zero-order valence-electron chi connectivity index (χ0n) is 13.9. The maximum Gasteiger partial charge on any atom is 0.240 e. The molecule has 0 heterocycles.